The zero-order valence-electron chi connectivity index (χ0n) is 15.2. The van der Waals surface area contributed by atoms with Crippen molar-refractivity contribution in [2.75, 3.05) is 23.9 Å². The van der Waals surface area contributed by atoms with E-state index < -0.39 is 20.0 Å². The van der Waals surface area contributed by atoms with E-state index in [1.807, 2.05) is 0 Å². The Morgan fingerprint density at radius 2 is 1.50 bits per heavy atom. The van der Waals surface area contributed by atoms with Crippen LogP contribution < -0.4 is 4.31 Å². The van der Waals surface area contributed by atoms with Gasteiger partial charge in [0.05, 0.1) is 15.5 Å². The highest BCUT2D eigenvalue weighted by atomic mass is 79.9. The van der Waals surface area contributed by atoms with Gasteiger partial charge in [-0.3, -0.25) is 4.31 Å². The number of fused-ring (bicyclic) bond motifs is 1. The first-order valence-electron chi connectivity index (χ1n) is 9.21. The summed E-state index contributed by atoms with van der Waals surface area (Å²) in [6.45, 7) is 1.39. The molecule has 4 rings (SSSR count). The fourth-order valence-corrected chi connectivity index (χ4v) is 7.44. The molecule has 2 aliphatic heterocycles. The third-order valence-corrected chi connectivity index (χ3v) is 9.44. The van der Waals surface area contributed by atoms with Gasteiger partial charge in [0.25, 0.3) is 10.0 Å². The molecule has 0 spiro atoms. The summed E-state index contributed by atoms with van der Waals surface area (Å²) in [6, 6.07) is 11.4. The summed E-state index contributed by atoms with van der Waals surface area (Å²) in [5.74, 6) is 0. The van der Waals surface area contributed by atoms with Crippen molar-refractivity contribution in [3.63, 3.8) is 0 Å². The number of nitrogens with zero attached hydrogens (tertiary/aromatic N) is 2. The van der Waals surface area contributed by atoms with E-state index >= 15 is 0 Å². The Hall–Kier alpha value is -1.42. The van der Waals surface area contributed by atoms with Gasteiger partial charge in [0.2, 0.25) is 10.0 Å². The number of rotatable bonds is 4. The number of anilines is 1. The van der Waals surface area contributed by atoms with Crippen molar-refractivity contribution in [3.8, 4) is 0 Å². The van der Waals surface area contributed by atoms with Crippen molar-refractivity contribution in [1.82, 2.24) is 4.31 Å². The van der Waals surface area contributed by atoms with Crippen LogP contribution in [0.15, 0.2) is 56.7 Å². The smallest absolute Gasteiger partial charge is 0.264 e. The predicted molar refractivity (Wildman–Crippen MR) is 111 cm³/mol. The number of benzene rings is 2. The molecule has 0 aliphatic carbocycles. The summed E-state index contributed by atoms with van der Waals surface area (Å²) in [5, 5.41) is 0. The number of sulfonamides is 2. The van der Waals surface area contributed by atoms with Crippen LogP contribution in [0.2, 0.25) is 0 Å². The summed E-state index contributed by atoms with van der Waals surface area (Å²) >= 11 is 3.31. The van der Waals surface area contributed by atoms with Gasteiger partial charge in [0.1, 0.15) is 0 Å². The largest absolute Gasteiger partial charge is 0.266 e. The van der Waals surface area contributed by atoms with Gasteiger partial charge in [-0.1, -0.05) is 28.4 Å². The molecule has 9 heteroatoms. The van der Waals surface area contributed by atoms with E-state index in [2.05, 4.69) is 15.9 Å². The summed E-state index contributed by atoms with van der Waals surface area (Å²) in [6.07, 6.45) is 3.30. The first-order valence-corrected chi connectivity index (χ1v) is 12.9. The first-order chi connectivity index (χ1) is 13.3. The Kier molecular flexibility index (Phi) is 5.28. The molecule has 150 valence electrons. The van der Waals surface area contributed by atoms with E-state index in [1.165, 1.54) is 14.7 Å². The SMILES string of the molecule is O=S(=O)(c1ccc2c(c1)CCN2S(=O)(=O)c1cccc(Br)c1)N1CCCCC1. The highest BCUT2D eigenvalue weighted by molar-refractivity contribution is 9.10. The monoisotopic (exact) mass is 484 g/mol. The van der Waals surface area contributed by atoms with Gasteiger partial charge in [0.15, 0.2) is 0 Å². The Balaban J connectivity index is 1.67. The van der Waals surface area contributed by atoms with Gasteiger partial charge in [-0.2, -0.15) is 4.31 Å². The van der Waals surface area contributed by atoms with Crippen LogP contribution in [0.5, 0.6) is 0 Å². The fourth-order valence-electron chi connectivity index (χ4n) is 3.77. The molecule has 0 N–H and O–H groups in total. The Labute approximate surface area is 174 Å². The van der Waals surface area contributed by atoms with Gasteiger partial charge in [-0.25, -0.2) is 16.8 Å². The summed E-state index contributed by atoms with van der Waals surface area (Å²) in [4.78, 5) is 0.453. The van der Waals surface area contributed by atoms with Crippen LogP contribution in [0.25, 0.3) is 0 Å². The van der Waals surface area contributed by atoms with Crippen LogP contribution in [0.1, 0.15) is 24.8 Å². The van der Waals surface area contributed by atoms with E-state index in [1.54, 1.807) is 36.4 Å². The molecule has 6 nitrogen and oxygen atoms in total. The van der Waals surface area contributed by atoms with Gasteiger partial charge in [-0.05, 0) is 61.2 Å². The van der Waals surface area contributed by atoms with Crippen molar-refractivity contribution in [1.29, 1.82) is 0 Å². The lowest BCUT2D eigenvalue weighted by Gasteiger charge is -2.26. The molecule has 2 heterocycles. The maximum Gasteiger partial charge on any atom is 0.264 e. The zero-order valence-corrected chi connectivity index (χ0v) is 18.4. The van der Waals surface area contributed by atoms with Crippen molar-refractivity contribution >= 4 is 41.7 Å². The summed E-state index contributed by atoms with van der Waals surface area (Å²) in [7, 11) is -7.24. The average Bonchev–Trinajstić information content (AvgIpc) is 3.13. The summed E-state index contributed by atoms with van der Waals surface area (Å²) in [5.41, 5.74) is 1.30. The molecule has 2 aromatic carbocycles. The average molecular weight is 485 g/mol. The molecule has 0 bridgehead atoms. The van der Waals surface area contributed by atoms with E-state index in [9.17, 15) is 16.8 Å². The normalized spacial score (nSPS) is 18.2. The Morgan fingerprint density at radius 3 is 2.21 bits per heavy atom. The van der Waals surface area contributed by atoms with Crippen LogP contribution in [0.4, 0.5) is 5.69 Å². The van der Waals surface area contributed by atoms with Gasteiger partial charge in [-0.15, -0.1) is 0 Å². The number of halogens is 1. The third-order valence-electron chi connectivity index (χ3n) is 5.24. The molecule has 2 aromatic rings. The zero-order chi connectivity index (χ0) is 19.9. The fraction of sp³-hybridized carbons (Fsp3) is 0.368. The molecule has 0 saturated carbocycles. The Morgan fingerprint density at radius 1 is 0.786 bits per heavy atom. The second-order valence-corrected chi connectivity index (χ2v) is 11.8. The number of piperidine rings is 1. The maximum absolute atomic E-state index is 13.1. The van der Waals surface area contributed by atoms with Gasteiger partial charge >= 0.3 is 0 Å². The minimum atomic E-state index is -3.70. The number of hydrogen-bond acceptors (Lipinski definition) is 4. The minimum Gasteiger partial charge on any atom is -0.266 e. The lowest BCUT2D eigenvalue weighted by molar-refractivity contribution is 0.346. The van der Waals surface area contributed by atoms with Crippen molar-refractivity contribution < 1.29 is 16.8 Å². The molecule has 0 amide bonds. The quantitative estimate of drug-likeness (QED) is 0.666. The second kappa shape index (κ2) is 7.44. The molecule has 0 atom stereocenters. The molecule has 1 saturated heterocycles. The Bertz CT molecular complexity index is 1110. The van der Waals surface area contributed by atoms with Crippen LogP contribution in [-0.2, 0) is 26.5 Å². The highest BCUT2D eigenvalue weighted by Crippen LogP contribution is 2.35. The minimum absolute atomic E-state index is 0.208. The first kappa shape index (κ1) is 19.9. The molecule has 0 unspecified atom stereocenters. The highest BCUT2D eigenvalue weighted by Gasteiger charge is 2.33. The molecule has 28 heavy (non-hydrogen) atoms. The van der Waals surface area contributed by atoms with Crippen molar-refractivity contribution in [2.45, 2.75) is 35.5 Å². The van der Waals surface area contributed by atoms with E-state index in [-0.39, 0.29) is 9.79 Å². The predicted octanol–water partition coefficient (Wildman–Crippen LogP) is 3.38. The topological polar surface area (TPSA) is 74.8 Å². The van der Waals surface area contributed by atoms with Gasteiger partial charge < -0.3 is 0 Å². The molecule has 2 aliphatic rings. The number of hydrogen-bond donors (Lipinski definition) is 0. The van der Waals surface area contributed by atoms with Crippen LogP contribution in [0, 0.1) is 0 Å². The van der Waals surface area contributed by atoms with Crippen molar-refractivity contribution in [2.24, 2.45) is 0 Å². The molecular weight excluding hydrogens is 464 g/mol. The van der Waals surface area contributed by atoms with E-state index in [4.69, 9.17) is 0 Å². The molecular formula is C19H21BrN2O4S2. The van der Waals surface area contributed by atoms with Gasteiger partial charge in [0, 0.05) is 24.1 Å². The molecule has 0 radical (unpaired) electrons. The van der Waals surface area contributed by atoms with E-state index in [0.717, 1.165) is 24.8 Å². The lowest BCUT2D eigenvalue weighted by Crippen LogP contribution is -2.35. The summed E-state index contributed by atoms with van der Waals surface area (Å²) < 4.78 is 55.5. The lowest BCUT2D eigenvalue weighted by atomic mass is 10.2. The standard InChI is InChI=1S/C19H21BrN2O4S2/c20-16-5-4-6-17(14-16)28(25,26)22-12-9-15-13-18(7-8-19(15)22)27(23,24)21-10-2-1-3-11-21/h4-8,13-14H,1-3,9-12H2. The van der Waals surface area contributed by atoms with Crippen LogP contribution in [0.3, 0.4) is 0 Å². The third kappa shape index (κ3) is 3.49. The maximum atomic E-state index is 13.1. The van der Waals surface area contributed by atoms with Crippen LogP contribution in [-0.4, -0.2) is 40.8 Å². The van der Waals surface area contributed by atoms with Crippen LogP contribution >= 0.6 is 15.9 Å². The molecule has 1 fully saturated rings. The second-order valence-electron chi connectivity index (χ2n) is 7.04. The molecule has 0 aromatic heterocycles. The van der Waals surface area contributed by atoms with Crippen molar-refractivity contribution in [3.05, 3.63) is 52.5 Å². The van der Waals surface area contributed by atoms with E-state index in [0.29, 0.717) is 36.2 Å².